The fourth-order valence-corrected chi connectivity index (χ4v) is 2.92. The molecule has 2 nitrogen and oxygen atoms in total. The van der Waals surface area contributed by atoms with Crippen LogP contribution in [0.4, 0.5) is 4.39 Å². The van der Waals surface area contributed by atoms with Crippen LogP contribution in [0, 0.1) is 5.82 Å². The first-order valence-electron chi connectivity index (χ1n) is 6.64. The Morgan fingerprint density at radius 3 is 2.68 bits per heavy atom. The zero-order chi connectivity index (χ0) is 12.5. The third-order valence-corrected chi connectivity index (χ3v) is 4.25. The third-order valence-electron chi connectivity index (χ3n) is 3.88. The molecule has 1 saturated heterocycles. The van der Waals surface area contributed by atoms with Crippen molar-refractivity contribution >= 4 is 24.0 Å². The van der Waals surface area contributed by atoms with Crippen LogP contribution < -0.4 is 5.32 Å². The third kappa shape index (κ3) is 3.60. The minimum Gasteiger partial charge on any atom is -0.315 e. The standard InChI is InChI=1S/C14H18ClFN2.ClH/c15-14-4-1-11(16)7-10(14)9-18(12-2-3-12)13-5-6-17-8-13;/h1,4,7,12-13,17H,2-3,5-6,8-9H2;1H. The molecule has 1 atom stereocenters. The van der Waals surface area contributed by atoms with Crippen LogP contribution in [-0.4, -0.2) is 30.1 Å². The summed E-state index contributed by atoms with van der Waals surface area (Å²) >= 11 is 6.16. The van der Waals surface area contributed by atoms with Crippen LogP contribution in [0.2, 0.25) is 5.02 Å². The Balaban J connectivity index is 0.00000133. The van der Waals surface area contributed by atoms with Crippen molar-refractivity contribution in [2.24, 2.45) is 0 Å². The van der Waals surface area contributed by atoms with Crippen LogP contribution in [0.3, 0.4) is 0 Å². The van der Waals surface area contributed by atoms with E-state index in [-0.39, 0.29) is 18.2 Å². The van der Waals surface area contributed by atoms with E-state index in [0.29, 0.717) is 17.1 Å². The molecule has 1 aromatic rings. The van der Waals surface area contributed by atoms with E-state index in [1.807, 2.05) is 0 Å². The van der Waals surface area contributed by atoms with Crippen molar-refractivity contribution in [2.75, 3.05) is 13.1 Å². The molecule has 0 bridgehead atoms. The number of benzene rings is 1. The first kappa shape index (κ1) is 15.0. The van der Waals surface area contributed by atoms with Gasteiger partial charge in [0.1, 0.15) is 5.82 Å². The van der Waals surface area contributed by atoms with Gasteiger partial charge in [-0.3, -0.25) is 4.90 Å². The lowest BCUT2D eigenvalue weighted by molar-refractivity contribution is 0.188. The molecule has 1 saturated carbocycles. The summed E-state index contributed by atoms with van der Waals surface area (Å²) in [5.41, 5.74) is 0.912. The maximum atomic E-state index is 13.3. The molecule has 0 aromatic heterocycles. The first-order valence-corrected chi connectivity index (χ1v) is 7.02. The predicted octanol–water partition coefficient (Wildman–Crippen LogP) is 3.23. The Labute approximate surface area is 124 Å². The minimum absolute atomic E-state index is 0. The summed E-state index contributed by atoms with van der Waals surface area (Å²) in [6.07, 6.45) is 3.72. The molecule has 1 aliphatic heterocycles. The SMILES string of the molecule is Cl.Fc1ccc(Cl)c(CN(C2CC2)C2CCNC2)c1. The van der Waals surface area contributed by atoms with Gasteiger partial charge in [0.2, 0.25) is 0 Å². The van der Waals surface area contributed by atoms with E-state index >= 15 is 0 Å². The quantitative estimate of drug-likeness (QED) is 0.919. The Morgan fingerprint density at radius 1 is 1.26 bits per heavy atom. The highest BCUT2D eigenvalue weighted by atomic mass is 35.5. The summed E-state index contributed by atoms with van der Waals surface area (Å²) in [5.74, 6) is -0.199. The molecule has 0 spiro atoms. The molecule has 1 N–H and O–H groups in total. The molecule has 1 aliphatic carbocycles. The summed E-state index contributed by atoms with van der Waals surface area (Å²) in [6.45, 7) is 2.90. The topological polar surface area (TPSA) is 15.3 Å². The lowest BCUT2D eigenvalue weighted by Gasteiger charge is -2.28. The number of hydrogen-bond acceptors (Lipinski definition) is 2. The van der Waals surface area contributed by atoms with Gasteiger partial charge in [0.25, 0.3) is 0 Å². The van der Waals surface area contributed by atoms with Crippen LogP contribution in [-0.2, 0) is 6.54 Å². The van der Waals surface area contributed by atoms with E-state index in [1.165, 1.54) is 25.3 Å². The molecular weight excluding hydrogens is 286 g/mol. The molecular formula is C14H19Cl2FN2. The second kappa shape index (κ2) is 6.40. The Kier molecular flexibility index (Phi) is 5.07. The lowest BCUT2D eigenvalue weighted by atomic mass is 10.1. The fourth-order valence-electron chi connectivity index (χ4n) is 2.75. The molecule has 5 heteroatoms. The maximum Gasteiger partial charge on any atom is 0.123 e. The highest BCUT2D eigenvalue weighted by Crippen LogP contribution is 2.33. The summed E-state index contributed by atoms with van der Waals surface area (Å²) in [4.78, 5) is 2.50. The van der Waals surface area contributed by atoms with Crippen LogP contribution >= 0.6 is 24.0 Å². The van der Waals surface area contributed by atoms with Gasteiger partial charge in [0, 0.05) is 30.2 Å². The Morgan fingerprint density at radius 2 is 2.05 bits per heavy atom. The van der Waals surface area contributed by atoms with Gasteiger partial charge in [0.05, 0.1) is 0 Å². The van der Waals surface area contributed by atoms with Gasteiger partial charge in [-0.2, -0.15) is 0 Å². The van der Waals surface area contributed by atoms with Gasteiger partial charge in [-0.1, -0.05) is 11.6 Å². The van der Waals surface area contributed by atoms with E-state index in [4.69, 9.17) is 11.6 Å². The monoisotopic (exact) mass is 304 g/mol. The van der Waals surface area contributed by atoms with E-state index in [9.17, 15) is 4.39 Å². The van der Waals surface area contributed by atoms with Crippen molar-refractivity contribution < 1.29 is 4.39 Å². The molecule has 2 fully saturated rings. The van der Waals surface area contributed by atoms with Crippen molar-refractivity contribution in [1.29, 1.82) is 0 Å². The number of nitrogens with one attached hydrogen (secondary N) is 1. The second-order valence-corrected chi connectivity index (χ2v) is 5.69. The van der Waals surface area contributed by atoms with Crippen molar-refractivity contribution in [1.82, 2.24) is 10.2 Å². The molecule has 1 heterocycles. The highest BCUT2D eigenvalue weighted by molar-refractivity contribution is 6.31. The van der Waals surface area contributed by atoms with Gasteiger partial charge < -0.3 is 5.32 Å². The average molecular weight is 305 g/mol. The number of nitrogens with zero attached hydrogens (tertiary/aromatic N) is 1. The number of rotatable bonds is 4. The molecule has 19 heavy (non-hydrogen) atoms. The van der Waals surface area contributed by atoms with Crippen molar-refractivity contribution in [3.05, 3.63) is 34.6 Å². The maximum absolute atomic E-state index is 13.3. The number of hydrogen-bond donors (Lipinski definition) is 1. The van der Waals surface area contributed by atoms with Crippen molar-refractivity contribution in [2.45, 2.75) is 37.9 Å². The van der Waals surface area contributed by atoms with Gasteiger partial charge in [-0.25, -0.2) is 4.39 Å². The van der Waals surface area contributed by atoms with E-state index in [2.05, 4.69) is 10.2 Å². The van der Waals surface area contributed by atoms with Crippen LogP contribution in [0.15, 0.2) is 18.2 Å². The highest BCUT2D eigenvalue weighted by Gasteiger charge is 2.35. The zero-order valence-corrected chi connectivity index (χ0v) is 12.3. The van der Waals surface area contributed by atoms with E-state index in [0.717, 1.165) is 25.2 Å². The van der Waals surface area contributed by atoms with Gasteiger partial charge in [0.15, 0.2) is 0 Å². The molecule has 2 aliphatic rings. The smallest absolute Gasteiger partial charge is 0.123 e. The minimum atomic E-state index is -0.199. The van der Waals surface area contributed by atoms with Crippen molar-refractivity contribution in [3.8, 4) is 0 Å². The van der Waals surface area contributed by atoms with Crippen LogP contribution in [0.1, 0.15) is 24.8 Å². The average Bonchev–Trinajstić information content (AvgIpc) is 3.05. The number of halogens is 3. The van der Waals surface area contributed by atoms with E-state index < -0.39 is 0 Å². The lowest BCUT2D eigenvalue weighted by Crippen LogP contribution is -2.38. The largest absolute Gasteiger partial charge is 0.315 e. The molecule has 0 radical (unpaired) electrons. The van der Waals surface area contributed by atoms with Gasteiger partial charge in [-0.05, 0) is 49.6 Å². The van der Waals surface area contributed by atoms with Gasteiger partial charge in [-0.15, -0.1) is 12.4 Å². The summed E-state index contributed by atoms with van der Waals surface area (Å²) < 4.78 is 13.3. The Hall–Kier alpha value is -0.350. The second-order valence-electron chi connectivity index (χ2n) is 5.29. The molecule has 3 rings (SSSR count). The zero-order valence-electron chi connectivity index (χ0n) is 10.7. The Bertz CT molecular complexity index is 431. The molecule has 106 valence electrons. The van der Waals surface area contributed by atoms with Crippen LogP contribution in [0.25, 0.3) is 0 Å². The predicted molar refractivity (Wildman–Crippen MR) is 78.5 cm³/mol. The summed E-state index contributed by atoms with van der Waals surface area (Å²) in [7, 11) is 0. The van der Waals surface area contributed by atoms with Crippen LogP contribution in [0.5, 0.6) is 0 Å². The molecule has 1 unspecified atom stereocenters. The fraction of sp³-hybridized carbons (Fsp3) is 0.571. The normalized spacial score (nSPS) is 22.6. The first-order chi connectivity index (χ1) is 8.74. The summed E-state index contributed by atoms with van der Waals surface area (Å²) in [6, 6.07) is 5.90. The molecule has 0 amide bonds. The molecule has 1 aromatic carbocycles. The van der Waals surface area contributed by atoms with Gasteiger partial charge >= 0.3 is 0 Å². The van der Waals surface area contributed by atoms with Crippen molar-refractivity contribution in [3.63, 3.8) is 0 Å². The summed E-state index contributed by atoms with van der Waals surface area (Å²) in [5, 5.41) is 4.07. The van der Waals surface area contributed by atoms with E-state index in [1.54, 1.807) is 12.1 Å².